The molecule has 25 heavy (non-hydrogen) atoms. The molecule has 0 aliphatic heterocycles. The van der Waals surface area contributed by atoms with Crippen LogP contribution in [-0.2, 0) is 11.0 Å². The van der Waals surface area contributed by atoms with Gasteiger partial charge in [0.05, 0.1) is 12.7 Å². The molecule has 0 unspecified atom stereocenters. The minimum absolute atomic E-state index is 0.00632. The molecule has 0 heterocycles. The maximum absolute atomic E-state index is 12.5. The van der Waals surface area contributed by atoms with Crippen molar-refractivity contribution in [2.45, 2.75) is 6.18 Å². The third-order valence-electron chi connectivity index (χ3n) is 3.32. The van der Waals surface area contributed by atoms with Gasteiger partial charge in [-0.25, -0.2) is 0 Å². The summed E-state index contributed by atoms with van der Waals surface area (Å²) in [6.07, 6.45) is 1.17. The molecule has 0 fully saturated rings. The van der Waals surface area contributed by atoms with Crippen molar-refractivity contribution < 1.29 is 27.8 Å². The summed E-state index contributed by atoms with van der Waals surface area (Å²) in [4.78, 5) is 11.8. The maximum atomic E-state index is 12.5. The first-order valence-corrected chi connectivity index (χ1v) is 7.24. The van der Waals surface area contributed by atoms with Gasteiger partial charge >= 0.3 is 6.18 Å². The second-order valence-corrected chi connectivity index (χ2v) is 5.12. The summed E-state index contributed by atoms with van der Waals surface area (Å²) in [5, 5.41) is 9.49. The average molecular weight is 348 g/mol. The second kappa shape index (κ2) is 7.70. The molecule has 0 saturated carbocycles. The lowest BCUT2D eigenvalue weighted by Gasteiger charge is -2.05. The van der Waals surface area contributed by atoms with E-state index in [2.05, 4.69) is 0 Å². The van der Waals surface area contributed by atoms with Crippen molar-refractivity contribution in [2.24, 2.45) is 0 Å². The number of carbonyl (C=O) groups is 1. The smallest absolute Gasteiger partial charge is 0.416 e. The molecule has 3 nitrogen and oxygen atoms in total. The predicted molar refractivity (Wildman–Crippen MR) is 89.2 cm³/mol. The van der Waals surface area contributed by atoms with Gasteiger partial charge in [-0.3, -0.25) is 4.79 Å². The molecular formula is C19H15F3O3. The number of ketones is 1. The highest BCUT2D eigenvalue weighted by Crippen LogP contribution is 2.29. The number of carbonyl (C=O) groups excluding carboxylic acids is 1. The molecule has 1 N–H and O–H groups in total. The van der Waals surface area contributed by atoms with Crippen LogP contribution in [0.5, 0.6) is 11.5 Å². The summed E-state index contributed by atoms with van der Waals surface area (Å²) < 4.78 is 42.4. The third kappa shape index (κ3) is 5.24. The van der Waals surface area contributed by atoms with Crippen molar-refractivity contribution in [2.75, 3.05) is 7.11 Å². The van der Waals surface area contributed by atoms with Gasteiger partial charge in [-0.05, 0) is 47.5 Å². The van der Waals surface area contributed by atoms with Crippen LogP contribution in [-0.4, -0.2) is 18.0 Å². The van der Waals surface area contributed by atoms with Crippen molar-refractivity contribution in [3.05, 3.63) is 71.3 Å². The van der Waals surface area contributed by atoms with Crippen molar-refractivity contribution in [3.8, 4) is 11.5 Å². The van der Waals surface area contributed by atoms with Gasteiger partial charge in [0.15, 0.2) is 17.3 Å². The van der Waals surface area contributed by atoms with E-state index in [1.807, 2.05) is 0 Å². The van der Waals surface area contributed by atoms with E-state index in [0.717, 1.165) is 12.1 Å². The normalized spacial score (nSPS) is 12.0. The van der Waals surface area contributed by atoms with E-state index >= 15 is 0 Å². The lowest BCUT2D eigenvalue weighted by molar-refractivity contribution is -0.137. The summed E-state index contributed by atoms with van der Waals surface area (Å²) in [6.45, 7) is 0. The number of alkyl halides is 3. The molecule has 0 radical (unpaired) electrons. The zero-order valence-corrected chi connectivity index (χ0v) is 13.2. The van der Waals surface area contributed by atoms with Gasteiger partial charge in [-0.15, -0.1) is 0 Å². The molecule has 0 aromatic heterocycles. The summed E-state index contributed by atoms with van der Waals surface area (Å²) in [6, 6.07) is 9.13. The topological polar surface area (TPSA) is 46.5 Å². The Kier molecular flexibility index (Phi) is 5.64. The van der Waals surface area contributed by atoms with E-state index in [1.54, 1.807) is 18.2 Å². The number of allylic oxidation sites excluding steroid dienone is 2. The number of benzene rings is 2. The first kappa shape index (κ1) is 18.3. The van der Waals surface area contributed by atoms with Gasteiger partial charge in [0.25, 0.3) is 0 Å². The van der Waals surface area contributed by atoms with Gasteiger partial charge in [0.1, 0.15) is 0 Å². The summed E-state index contributed by atoms with van der Waals surface area (Å²) >= 11 is 0. The van der Waals surface area contributed by atoms with E-state index in [1.165, 1.54) is 43.5 Å². The van der Waals surface area contributed by atoms with Gasteiger partial charge < -0.3 is 9.84 Å². The largest absolute Gasteiger partial charge is 0.504 e. The standard InChI is InChI=1S/C19H15F3O3/c1-25-18-12-14(6-11-17(18)24)5-10-16(23)9-4-13-2-7-15(8-3-13)19(20,21)22/h2-12,24H,1H3. The number of ether oxygens (including phenoxy) is 1. The van der Waals surface area contributed by atoms with Crippen LogP contribution < -0.4 is 4.74 Å². The summed E-state index contributed by atoms with van der Waals surface area (Å²) in [5.41, 5.74) is 0.407. The van der Waals surface area contributed by atoms with E-state index in [4.69, 9.17) is 4.74 Å². The Labute approximate surface area is 142 Å². The average Bonchev–Trinajstić information content (AvgIpc) is 2.58. The molecule has 0 saturated heterocycles. The van der Waals surface area contributed by atoms with Crippen LogP contribution in [0.2, 0.25) is 0 Å². The molecule has 0 bridgehead atoms. The molecule has 2 aromatic rings. The summed E-state index contributed by atoms with van der Waals surface area (Å²) in [5.74, 6) is -0.0463. The minimum Gasteiger partial charge on any atom is -0.504 e. The maximum Gasteiger partial charge on any atom is 0.416 e. The van der Waals surface area contributed by atoms with Crippen molar-refractivity contribution in [1.29, 1.82) is 0 Å². The fraction of sp³-hybridized carbons (Fsp3) is 0.105. The molecule has 0 atom stereocenters. The number of rotatable bonds is 5. The van der Waals surface area contributed by atoms with Crippen LogP contribution in [0.4, 0.5) is 13.2 Å². The Hall–Kier alpha value is -3.02. The number of phenols is 1. The zero-order valence-electron chi connectivity index (χ0n) is 13.2. The second-order valence-electron chi connectivity index (χ2n) is 5.12. The third-order valence-corrected chi connectivity index (χ3v) is 3.32. The number of phenolic OH excluding ortho intramolecular Hbond substituents is 1. The lowest BCUT2D eigenvalue weighted by atomic mass is 10.1. The number of hydrogen-bond donors (Lipinski definition) is 1. The Bertz CT molecular complexity index is 804. The Morgan fingerprint density at radius 3 is 2.12 bits per heavy atom. The van der Waals surface area contributed by atoms with Gasteiger partial charge in [0.2, 0.25) is 0 Å². The Morgan fingerprint density at radius 1 is 1.00 bits per heavy atom. The predicted octanol–water partition coefficient (Wildman–Crippen LogP) is 4.72. The molecule has 0 spiro atoms. The Morgan fingerprint density at radius 2 is 1.56 bits per heavy atom. The number of hydrogen-bond acceptors (Lipinski definition) is 3. The fourth-order valence-corrected chi connectivity index (χ4v) is 1.99. The SMILES string of the molecule is COc1cc(C=CC(=O)C=Cc2ccc(C(F)(F)F)cc2)ccc1O. The first-order chi connectivity index (χ1) is 11.8. The van der Waals surface area contributed by atoms with Crippen LogP contribution in [0.15, 0.2) is 54.6 Å². The molecule has 6 heteroatoms. The molecule has 0 aliphatic rings. The van der Waals surface area contributed by atoms with E-state index in [9.17, 15) is 23.1 Å². The highest BCUT2D eigenvalue weighted by atomic mass is 19.4. The lowest BCUT2D eigenvalue weighted by Crippen LogP contribution is -2.03. The van der Waals surface area contributed by atoms with Gasteiger partial charge in [-0.2, -0.15) is 13.2 Å². The molecule has 0 amide bonds. The highest BCUT2D eigenvalue weighted by Gasteiger charge is 2.29. The van der Waals surface area contributed by atoms with Crippen LogP contribution >= 0.6 is 0 Å². The number of halogens is 3. The number of methoxy groups -OCH3 is 1. The molecule has 2 rings (SSSR count). The van der Waals surface area contributed by atoms with Gasteiger partial charge in [-0.1, -0.05) is 30.4 Å². The van der Waals surface area contributed by atoms with Crippen molar-refractivity contribution >= 4 is 17.9 Å². The first-order valence-electron chi connectivity index (χ1n) is 7.24. The minimum atomic E-state index is -4.38. The van der Waals surface area contributed by atoms with E-state index in [0.29, 0.717) is 11.1 Å². The molecule has 2 aromatic carbocycles. The van der Waals surface area contributed by atoms with Gasteiger partial charge in [0, 0.05) is 0 Å². The Balaban J connectivity index is 2.03. The van der Waals surface area contributed by atoms with Crippen LogP contribution in [0, 0.1) is 0 Å². The molecular weight excluding hydrogens is 333 g/mol. The molecule has 0 aliphatic carbocycles. The van der Waals surface area contributed by atoms with E-state index in [-0.39, 0.29) is 17.3 Å². The fourth-order valence-electron chi connectivity index (χ4n) is 1.99. The van der Waals surface area contributed by atoms with E-state index < -0.39 is 11.7 Å². The molecule has 130 valence electrons. The van der Waals surface area contributed by atoms with Crippen molar-refractivity contribution in [3.63, 3.8) is 0 Å². The van der Waals surface area contributed by atoms with Crippen molar-refractivity contribution in [1.82, 2.24) is 0 Å². The van der Waals surface area contributed by atoms with Crippen LogP contribution in [0.25, 0.3) is 12.2 Å². The summed E-state index contributed by atoms with van der Waals surface area (Å²) in [7, 11) is 1.42. The van der Waals surface area contributed by atoms with Crippen LogP contribution in [0.1, 0.15) is 16.7 Å². The zero-order chi connectivity index (χ0) is 18.4. The number of aromatic hydroxyl groups is 1. The monoisotopic (exact) mass is 348 g/mol. The quantitative estimate of drug-likeness (QED) is 0.796. The highest BCUT2D eigenvalue weighted by molar-refractivity contribution is 6.04. The van der Waals surface area contributed by atoms with Crippen LogP contribution in [0.3, 0.4) is 0 Å².